The number of halogens is 2. The van der Waals surface area contributed by atoms with E-state index in [2.05, 4.69) is 0 Å². The molecule has 0 aromatic heterocycles. The zero-order valence-electron chi connectivity index (χ0n) is 6.56. The molecule has 0 atom stereocenters. The van der Waals surface area contributed by atoms with Crippen molar-refractivity contribution in [2.45, 2.75) is 19.6 Å². The molecule has 0 aromatic carbocycles. The molecule has 0 saturated carbocycles. The first kappa shape index (κ1) is 9.97. The van der Waals surface area contributed by atoms with Crippen molar-refractivity contribution in [3.8, 4) is 0 Å². The normalized spacial score (nSPS) is 15.9. The van der Waals surface area contributed by atoms with Crippen molar-refractivity contribution in [1.82, 2.24) is 4.31 Å². The number of hydrogen-bond acceptors (Lipinski definition) is 1. The Balaban J connectivity index is 4.39. The Kier molecular flexibility index (Phi) is 2.53. The number of alkyl halides is 1. The van der Waals surface area contributed by atoms with E-state index in [1.54, 1.807) is 0 Å². The molecule has 5 heteroatoms. The van der Waals surface area contributed by atoms with Gasteiger partial charge in [-0.15, -0.1) is 3.89 Å². The number of nitrogens with zero attached hydrogens (tertiary/aromatic N) is 1. The van der Waals surface area contributed by atoms with Gasteiger partial charge in [0.1, 0.15) is 0 Å². The van der Waals surface area contributed by atoms with E-state index in [0.29, 0.717) is 4.31 Å². The molecule has 0 fully saturated rings. The average molecular weight is 173 g/mol. The van der Waals surface area contributed by atoms with Gasteiger partial charge in [0.2, 0.25) is 0 Å². The molecule has 64 valence electrons. The summed E-state index contributed by atoms with van der Waals surface area (Å²) < 4.78 is 36.5. The summed E-state index contributed by atoms with van der Waals surface area (Å²) in [5.74, 6) is -1.86. The van der Waals surface area contributed by atoms with Gasteiger partial charge in [-0.1, -0.05) is 0 Å². The molecule has 0 radical (unpaired) electrons. The summed E-state index contributed by atoms with van der Waals surface area (Å²) in [5, 5.41) is 0. The lowest BCUT2D eigenvalue weighted by molar-refractivity contribution is 0.0864. The number of hydrogen-bond donors (Lipinski definition) is 1. The van der Waals surface area contributed by atoms with E-state index in [1.165, 1.54) is 0 Å². The summed E-state index contributed by atoms with van der Waals surface area (Å²) in [6.07, 6.45) is 0.883. The van der Waals surface area contributed by atoms with E-state index in [-0.39, 0.29) is 0 Å². The molecule has 0 saturated heterocycles. The van der Waals surface area contributed by atoms with Crippen molar-refractivity contribution in [1.29, 1.82) is 0 Å². The van der Waals surface area contributed by atoms with Crippen LogP contribution in [0, 0.1) is 0 Å². The van der Waals surface area contributed by atoms with Gasteiger partial charge in [0.25, 0.3) is 0 Å². The van der Waals surface area contributed by atoms with Crippen LogP contribution in [0.25, 0.3) is 0 Å². The van der Waals surface area contributed by atoms with E-state index in [9.17, 15) is 12.5 Å². The highest BCUT2D eigenvalue weighted by atomic mass is 32.3. The molecular weight excluding hydrogens is 160 g/mol. The van der Waals surface area contributed by atoms with Gasteiger partial charge in [-0.2, -0.15) is 4.31 Å². The first-order chi connectivity index (χ1) is 4.15. The van der Waals surface area contributed by atoms with Crippen LogP contribution in [-0.2, 0) is 10.5 Å². The van der Waals surface area contributed by atoms with Crippen LogP contribution < -0.4 is 0 Å². The topological polar surface area (TPSA) is 20.3 Å². The maximum Gasteiger partial charge on any atom is 0.169 e. The summed E-state index contributed by atoms with van der Waals surface area (Å²) in [7, 11) is -2.77. The third-order valence-corrected chi connectivity index (χ3v) is 2.85. The predicted molar refractivity (Wildman–Crippen MR) is 39.5 cm³/mol. The standard InChI is InChI=1S/C5H13F2NOS/c1-5(2,6)8(3)10(4,7)9/h10H,1-4H3. The second kappa shape index (κ2) is 2.54. The molecule has 0 aliphatic carbocycles. The molecule has 0 spiro atoms. The van der Waals surface area contributed by atoms with Gasteiger partial charge in [-0.05, 0) is 13.8 Å². The van der Waals surface area contributed by atoms with Crippen molar-refractivity contribution in [2.24, 2.45) is 0 Å². The zero-order valence-corrected chi connectivity index (χ0v) is 7.45. The second-order valence-electron chi connectivity index (χ2n) is 2.71. The summed E-state index contributed by atoms with van der Waals surface area (Å²) in [6.45, 7) is 2.31. The molecule has 0 aliphatic heterocycles. The maximum atomic E-state index is 12.8. The molecule has 0 unspecified atom stereocenters. The van der Waals surface area contributed by atoms with Gasteiger partial charge in [-0.25, -0.2) is 8.60 Å². The molecule has 0 N–H and O–H groups in total. The molecule has 10 heavy (non-hydrogen) atoms. The Morgan fingerprint density at radius 1 is 1.50 bits per heavy atom. The minimum Gasteiger partial charge on any atom is -0.241 e. The van der Waals surface area contributed by atoms with E-state index in [0.717, 1.165) is 27.2 Å². The van der Waals surface area contributed by atoms with Crippen LogP contribution in [0.4, 0.5) is 8.28 Å². The summed E-state index contributed by atoms with van der Waals surface area (Å²) in [4.78, 5) is 0. The van der Waals surface area contributed by atoms with E-state index >= 15 is 0 Å². The van der Waals surface area contributed by atoms with Gasteiger partial charge < -0.3 is 0 Å². The third kappa shape index (κ3) is 2.70. The molecule has 0 heterocycles. The summed E-state index contributed by atoms with van der Waals surface area (Å²) >= 11 is 0. The smallest absolute Gasteiger partial charge is 0.169 e. The predicted octanol–water partition coefficient (Wildman–Crippen LogP) is 1.07. The highest BCUT2D eigenvalue weighted by molar-refractivity contribution is 7.95. The first-order valence-electron chi connectivity index (χ1n) is 2.86. The van der Waals surface area contributed by atoms with Gasteiger partial charge in [0.05, 0.1) is 10.5 Å². The molecule has 0 rings (SSSR count). The summed E-state index contributed by atoms with van der Waals surface area (Å²) in [6, 6.07) is 0. The van der Waals surface area contributed by atoms with Crippen molar-refractivity contribution in [2.75, 3.05) is 13.3 Å². The Bertz CT molecular complexity index is 160. The van der Waals surface area contributed by atoms with Crippen LogP contribution in [0.3, 0.4) is 0 Å². The van der Waals surface area contributed by atoms with Crippen molar-refractivity contribution in [3.05, 3.63) is 0 Å². The quantitative estimate of drug-likeness (QED) is 0.376. The SMILES string of the molecule is CN(C(C)(C)F)[SH](C)(=O)F. The van der Waals surface area contributed by atoms with E-state index in [4.69, 9.17) is 0 Å². The van der Waals surface area contributed by atoms with Crippen LogP contribution in [0.2, 0.25) is 0 Å². The highest BCUT2D eigenvalue weighted by Gasteiger charge is 2.29. The Morgan fingerprint density at radius 3 is 1.80 bits per heavy atom. The number of thiol groups is 1. The minimum absolute atomic E-state index is 0.597. The lowest BCUT2D eigenvalue weighted by Gasteiger charge is -2.31. The van der Waals surface area contributed by atoms with Crippen LogP contribution in [-0.4, -0.2) is 27.6 Å². The lowest BCUT2D eigenvalue weighted by Crippen LogP contribution is -2.42. The van der Waals surface area contributed by atoms with Crippen molar-refractivity contribution in [3.63, 3.8) is 0 Å². The lowest BCUT2D eigenvalue weighted by atomic mass is 10.4. The van der Waals surface area contributed by atoms with Gasteiger partial charge >= 0.3 is 0 Å². The Labute approximate surface area is 61.1 Å². The van der Waals surface area contributed by atoms with Crippen LogP contribution in [0.15, 0.2) is 0 Å². The fraction of sp³-hybridized carbons (Fsp3) is 1.00. The third-order valence-electron chi connectivity index (χ3n) is 1.31. The van der Waals surface area contributed by atoms with Gasteiger partial charge in [0.15, 0.2) is 5.79 Å². The Hall–Kier alpha value is -0.0300. The maximum absolute atomic E-state index is 12.8. The Morgan fingerprint density at radius 2 is 1.80 bits per heavy atom. The molecule has 2 nitrogen and oxygen atoms in total. The zero-order chi connectivity index (χ0) is 8.58. The first-order valence-corrected chi connectivity index (χ1v) is 4.86. The van der Waals surface area contributed by atoms with Crippen LogP contribution in [0.1, 0.15) is 13.8 Å². The van der Waals surface area contributed by atoms with Crippen molar-refractivity contribution >= 4 is 10.5 Å². The largest absolute Gasteiger partial charge is 0.241 e. The molecule has 0 aliphatic rings. The van der Waals surface area contributed by atoms with Crippen LogP contribution in [0.5, 0.6) is 0 Å². The molecule has 0 bridgehead atoms. The fourth-order valence-corrected chi connectivity index (χ4v) is 1.27. The molecule has 0 amide bonds. The molecular formula is C5H13F2NOS. The van der Waals surface area contributed by atoms with E-state index < -0.39 is 16.3 Å². The minimum atomic E-state index is -3.92. The monoisotopic (exact) mass is 173 g/mol. The summed E-state index contributed by atoms with van der Waals surface area (Å²) in [5.41, 5.74) is 0. The van der Waals surface area contributed by atoms with Gasteiger partial charge in [0, 0.05) is 13.3 Å². The molecule has 0 aromatic rings. The van der Waals surface area contributed by atoms with Crippen LogP contribution >= 0.6 is 0 Å². The van der Waals surface area contributed by atoms with Gasteiger partial charge in [-0.3, -0.25) is 0 Å². The average Bonchev–Trinajstić information content (AvgIpc) is 1.59. The van der Waals surface area contributed by atoms with E-state index in [1.807, 2.05) is 0 Å². The highest BCUT2D eigenvalue weighted by Crippen LogP contribution is 2.21. The number of rotatable bonds is 2. The fourth-order valence-electron chi connectivity index (χ4n) is 0.425. The second-order valence-corrected chi connectivity index (χ2v) is 4.87. The van der Waals surface area contributed by atoms with Crippen molar-refractivity contribution < 1.29 is 12.5 Å².